The summed E-state index contributed by atoms with van der Waals surface area (Å²) < 4.78 is 16.8. The zero-order valence-electron chi connectivity index (χ0n) is 18.4. The SMILES string of the molecule is O=C(COc1ccc2ccccc2c1)NNC(=O)c1cccc(OCCOc2ccccc2)c1. The molecule has 7 nitrogen and oxygen atoms in total. The Balaban J connectivity index is 1.20. The second-order valence-electron chi connectivity index (χ2n) is 7.34. The van der Waals surface area contributed by atoms with E-state index >= 15 is 0 Å². The van der Waals surface area contributed by atoms with Gasteiger partial charge >= 0.3 is 0 Å². The van der Waals surface area contributed by atoms with Crippen LogP contribution in [0.4, 0.5) is 0 Å². The standard InChI is InChI=1S/C27H24N2O5/c30-26(19-34-25-14-13-20-7-4-5-8-21(20)17-25)28-29-27(31)22-9-6-12-24(18-22)33-16-15-32-23-10-2-1-3-11-23/h1-14,17-18H,15-16,19H2,(H,28,30)(H,29,31). The van der Waals surface area contributed by atoms with Crippen molar-refractivity contribution < 1.29 is 23.8 Å². The molecule has 0 unspecified atom stereocenters. The first-order chi connectivity index (χ1) is 16.7. The molecule has 0 bridgehead atoms. The topological polar surface area (TPSA) is 85.9 Å². The van der Waals surface area contributed by atoms with Gasteiger partial charge in [0.1, 0.15) is 30.5 Å². The molecule has 0 aliphatic heterocycles. The minimum atomic E-state index is -0.480. The number of carbonyl (C=O) groups is 2. The van der Waals surface area contributed by atoms with Gasteiger partial charge in [0.25, 0.3) is 11.8 Å². The Morgan fingerprint density at radius 2 is 1.26 bits per heavy atom. The highest BCUT2D eigenvalue weighted by Crippen LogP contribution is 2.20. The molecule has 34 heavy (non-hydrogen) atoms. The van der Waals surface area contributed by atoms with Crippen molar-refractivity contribution in [2.75, 3.05) is 19.8 Å². The summed E-state index contributed by atoms with van der Waals surface area (Å²) in [5.41, 5.74) is 5.08. The van der Waals surface area contributed by atoms with E-state index in [1.165, 1.54) is 0 Å². The van der Waals surface area contributed by atoms with Crippen LogP contribution in [0.2, 0.25) is 0 Å². The maximum atomic E-state index is 12.4. The van der Waals surface area contributed by atoms with Crippen molar-refractivity contribution >= 4 is 22.6 Å². The lowest BCUT2D eigenvalue weighted by molar-refractivity contribution is -0.123. The monoisotopic (exact) mass is 456 g/mol. The van der Waals surface area contributed by atoms with E-state index < -0.39 is 11.8 Å². The number of nitrogens with one attached hydrogen (secondary N) is 2. The van der Waals surface area contributed by atoms with Crippen LogP contribution in [0.5, 0.6) is 17.2 Å². The van der Waals surface area contributed by atoms with E-state index in [4.69, 9.17) is 14.2 Å². The van der Waals surface area contributed by atoms with Crippen LogP contribution < -0.4 is 25.1 Å². The second-order valence-corrected chi connectivity index (χ2v) is 7.34. The molecular weight excluding hydrogens is 432 g/mol. The van der Waals surface area contributed by atoms with Crippen molar-refractivity contribution in [2.45, 2.75) is 0 Å². The van der Waals surface area contributed by atoms with Gasteiger partial charge in [0.05, 0.1) is 0 Å². The average Bonchev–Trinajstić information content (AvgIpc) is 2.89. The maximum absolute atomic E-state index is 12.4. The third-order valence-electron chi connectivity index (χ3n) is 4.87. The summed E-state index contributed by atoms with van der Waals surface area (Å²) in [6.45, 7) is 0.458. The molecule has 0 saturated carbocycles. The molecule has 0 atom stereocenters. The lowest BCUT2D eigenvalue weighted by Gasteiger charge is -2.11. The Morgan fingerprint density at radius 3 is 2.09 bits per heavy atom. The normalized spacial score (nSPS) is 10.4. The third-order valence-corrected chi connectivity index (χ3v) is 4.87. The number of hydrazine groups is 1. The van der Waals surface area contributed by atoms with Gasteiger partial charge in [0.2, 0.25) is 0 Å². The van der Waals surface area contributed by atoms with Crippen LogP contribution in [-0.4, -0.2) is 31.6 Å². The van der Waals surface area contributed by atoms with Crippen molar-refractivity contribution in [3.05, 3.63) is 103 Å². The number of amides is 2. The van der Waals surface area contributed by atoms with E-state index in [0.717, 1.165) is 16.5 Å². The number of rotatable bonds is 9. The molecule has 0 aromatic heterocycles. The van der Waals surface area contributed by atoms with Gasteiger partial charge in [-0.3, -0.25) is 20.4 Å². The van der Waals surface area contributed by atoms with Gasteiger partial charge in [0, 0.05) is 5.56 Å². The summed E-state index contributed by atoms with van der Waals surface area (Å²) in [5, 5.41) is 2.10. The summed E-state index contributed by atoms with van der Waals surface area (Å²) >= 11 is 0. The average molecular weight is 456 g/mol. The quantitative estimate of drug-likeness (QED) is 0.292. The Kier molecular flexibility index (Phi) is 7.58. The minimum absolute atomic E-state index is 0.233. The summed E-state index contributed by atoms with van der Waals surface area (Å²) in [4.78, 5) is 24.5. The molecule has 0 aliphatic rings. The predicted octanol–water partition coefficient (Wildman–Crippen LogP) is 4.14. The van der Waals surface area contributed by atoms with Gasteiger partial charge in [-0.25, -0.2) is 0 Å². The summed E-state index contributed by atoms with van der Waals surface area (Å²) in [6, 6.07) is 29.6. The zero-order chi connectivity index (χ0) is 23.6. The molecule has 0 heterocycles. The van der Waals surface area contributed by atoms with E-state index in [1.54, 1.807) is 30.3 Å². The Hall–Kier alpha value is -4.52. The molecule has 0 saturated heterocycles. The van der Waals surface area contributed by atoms with E-state index in [2.05, 4.69) is 10.9 Å². The molecular formula is C27H24N2O5. The Labute approximate surface area is 197 Å². The lowest BCUT2D eigenvalue weighted by Crippen LogP contribution is -2.43. The number of fused-ring (bicyclic) bond motifs is 1. The van der Waals surface area contributed by atoms with Crippen LogP contribution in [0, 0.1) is 0 Å². The Morgan fingerprint density at radius 1 is 0.588 bits per heavy atom. The number of carbonyl (C=O) groups excluding carboxylic acids is 2. The molecule has 2 amide bonds. The van der Waals surface area contributed by atoms with Gasteiger partial charge in [-0.1, -0.05) is 54.6 Å². The lowest BCUT2D eigenvalue weighted by atomic mass is 10.1. The number of ether oxygens (including phenoxy) is 3. The fourth-order valence-corrected chi connectivity index (χ4v) is 3.20. The predicted molar refractivity (Wildman–Crippen MR) is 129 cm³/mol. The highest BCUT2D eigenvalue weighted by atomic mass is 16.5. The van der Waals surface area contributed by atoms with Crippen LogP contribution in [0.1, 0.15) is 10.4 Å². The van der Waals surface area contributed by atoms with Gasteiger partial charge in [-0.05, 0) is 53.2 Å². The number of para-hydroxylation sites is 1. The number of hydrogen-bond acceptors (Lipinski definition) is 5. The highest BCUT2D eigenvalue weighted by molar-refractivity contribution is 5.95. The van der Waals surface area contributed by atoms with E-state index in [9.17, 15) is 9.59 Å². The van der Waals surface area contributed by atoms with Crippen molar-refractivity contribution in [3.63, 3.8) is 0 Å². The zero-order valence-corrected chi connectivity index (χ0v) is 18.4. The van der Waals surface area contributed by atoms with Crippen LogP contribution in [0.25, 0.3) is 10.8 Å². The molecule has 2 N–H and O–H groups in total. The molecule has 7 heteroatoms. The minimum Gasteiger partial charge on any atom is -0.490 e. The van der Waals surface area contributed by atoms with Gasteiger partial charge < -0.3 is 14.2 Å². The summed E-state index contributed by atoms with van der Waals surface area (Å²) in [6.07, 6.45) is 0. The summed E-state index contributed by atoms with van der Waals surface area (Å²) in [7, 11) is 0. The smallest absolute Gasteiger partial charge is 0.276 e. The number of hydrogen-bond donors (Lipinski definition) is 2. The molecule has 0 aliphatic carbocycles. The first kappa shape index (κ1) is 22.7. The van der Waals surface area contributed by atoms with Crippen molar-refractivity contribution in [2.24, 2.45) is 0 Å². The maximum Gasteiger partial charge on any atom is 0.276 e. The summed E-state index contributed by atoms with van der Waals surface area (Å²) in [5.74, 6) is 0.910. The van der Waals surface area contributed by atoms with Crippen LogP contribution >= 0.6 is 0 Å². The van der Waals surface area contributed by atoms with Gasteiger partial charge in [0.15, 0.2) is 6.61 Å². The first-order valence-electron chi connectivity index (χ1n) is 10.8. The third kappa shape index (κ3) is 6.49. The van der Waals surface area contributed by atoms with E-state index in [-0.39, 0.29) is 6.61 Å². The van der Waals surface area contributed by atoms with E-state index in [0.29, 0.717) is 30.3 Å². The molecule has 0 spiro atoms. The van der Waals surface area contributed by atoms with Crippen molar-refractivity contribution in [1.29, 1.82) is 0 Å². The Bertz CT molecular complexity index is 1260. The molecule has 4 rings (SSSR count). The molecule has 4 aromatic carbocycles. The van der Waals surface area contributed by atoms with Crippen LogP contribution in [0.15, 0.2) is 97.1 Å². The molecule has 0 fully saturated rings. The highest BCUT2D eigenvalue weighted by Gasteiger charge is 2.09. The fraction of sp³-hybridized carbons (Fsp3) is 0.111. The van der Waals surface area contributed by atoms with Crippen LogP contribution in [0.3, 0.4) is 0 Å². The fourth-order valence-electron chi connectivity index (χ4n) is 3.20. The van der Waals surface area contributed by atoms with Crippen molar-refractivity contribution in [1.82, 2.24) is 10.9 Å². The van der Waals surface area contributed by atoms with Crippen molar-refractivity contribution in [3.8, 4) is 17.2 Å². The second kappa shape index (κ2) is 11.4. The van der Waals surface area contributed by atoms with Crippen LogP contribution in [-0.2, 0) is 4.79 Å². The van der Waals surface area contributed by atoms with Gasteiger partial charge in [-0.2, -0.15) is 0 Å². The molecule has 0 radical (unpaired) electrons. The first-order valence-corrected chi connectivity index (χ1v) is 10.8. The van der Waals surface area contributed by atoms with E-state index in [1.807, 2.05) is 66.7 Å². The van der Waals surface area contributed by atoms with Gasteiger partial charge in [-0.15, -0.1) is 0 Å². The molecule has 172 valence electrons. The largest absolute Gasteiger partial charge is 0.490 e. The molecule has 4 aromatic rings. The number of benzene rings is 4.